The van der Waals surface area contributed by atoms with Crippen molar-refractivity contribution in [1.82, 2.24) is 0 Å². The molecule has 0 bridgehead atoms. The number of nitrogens with two attached hydrogens (primary N) is 1. The topological polar surface area (TPSA) is 55.1 Å². The fraction of sp³-hybridized carbons (Fsp3) is 0. The summed E-state index contributed by atoms with van der Waals surface area (Å²) in [7, 11) is 0. The molecule has 0 unspecified atom stereocenters. The molecule has 0 saturated carbocycles. The first kappa shape index (κ1) is 14.9. The van der Waals surface area contributed by atoms with E-state index in [1.807, 2.05) is 0 Å². The molecule has 0 aliphatic heterocycles. The number of halogens is 4. The molecule has 0 heterocycles. The Labute approximate surface area is 129 Å². The Hall–Kier alpha value is -1.49. The van der Waals surface area contributed by atoms with Crippen molar-refractivity contribution in [3.8, 4) is 0 Å². The van der Waals surface area contributed by atoms with Crippen LogP contribution in [0.5, 0.6) is 0 Å². The molecule has 0 saturated heterocycles. The van der Waals surface area contributed by atoms with Crippen LogP contribution in [0.25, 0.3) is 0 Å². The number of benzene rings is 2. The van der Waals surface area contributed by atoms with Crippen LogP contribution in [0, 0.1) is 5.82 Å². The van der Waals surface area contributed by atoms with Crippen LogP contribution in [0.3, 0.4) is 0 Å². The molecule has 20 heavy (non-hydrogen) atoms. The number of rotatable bonds is 2. The normalized spacial score (nSPS) is 10.4. The van der Waals surface area contributed by atoms with E-state index in [9.17, 15) is 9.18 Å². The zero-order valence-corrected chi connectivity index (χ0v) is 12.2. The molecule has 1 amide bonds. The highest BCUT2D eigenvalue weighted by Gasteiger charge is 2.15. The number of nitrogen functional groups attached to an aromatic ring is 1. The van der Waals surface area contributed by atoms with Gasteiger partial charge >= 0.3 is 0 Å². The maximum Gasteiger partial charge on any atom is 0.257 e. The molecule has 0 atom stereocenters. The molecule has 2 rings (SSSR count). The minimum absolute atomic E-state index is 0.00381. The Balaban J connectivity index is 2.33. The van der Waals surface area contributed by atoms with Crippen LogP contribution in [-0.2, 0) is 0 Å². The Morgan fingerprint density at radius 2 is 1.70 bits per heavy atom. The van der Waals surface area contributed by atoms with Crippen molar-refractivity contribution < 1.29 is 9.18 Å². The van der Waals surface area contributed by atoms with Crippen molar-refractivity contribution in [2.45, 2.75) is 0 Å². The maximum absolute atomic E-state index is 13.1. The summed E-state index contributed by atoms with van der Waals surface area (Å²) in [5.41, 5.74) is 6.25. The Bertz CT molecular complexity index is 668. The van der Waals surface area contributed by atoms with Crippen molar-refractivity contribution >= 4 is 52.1 Å². The number of hydrogen-bond donors (Lipinski definition) is 2. The summed E-state index contributed by atoms with van der Waals surface area (Å²) < 4.78 is 13.1. The quantitative estimate of drug-likeness (QED) is 0.788. The predicted octanol–water partition coefficient (Wildman–Crippen LogP) is 4.62. The van der Waals surface area contributed by atoms with Crippen LogP contribution in [0.4, 0.5) is 15.8 Å². The highest BCUT2D eigenvalue weighted by atomic mass is 35.5. The lowest BCUT2D eigenvalue weighted by atomic mass is 10.1. The fourth-order valence-electron chi connectivity index (χ4n) is 1.58. The van der Waals surface area contributed by atoms with Crippen LogP contribution in [-0.4, -0.2) is 5.91 Å². The van der Waals surface area contributed by atoms with Gasteiger partial charge in [-0.1, -0.05) is 34.8 Å². The van der Waals surface area contributed by atoms with E-state index in [0.717, 1.165) is 12.1 Å². The molecule has 0 aliphatic carbocycles. The van der Waals surface area contributed by atoms with Gasteiger partial charge in [0.1, 0.15) is 5.82 Å². The van der Waals surface area contributed by atoms with Gasteiger partial charge in [0.05, 0.1) is 21.3 Å². The molecule has 104 valence electrons. The molecule has 3 nitrogen and oxygen atoms in total. The van der Waals surface area contributed by atoms with Crippen molar-refractivity contribution in [2.75, 3.05) is 11.1 Å². The second-order valence-corrected chi connectivity index (χ2v) is 5.18. The van der Waals surface area contributed by atoms with Gasteiger partial charge in [-0.15, -0.1) is 0 Å². The minimum Gasteiger partial charge on any atom is -0.398 e. The third-order valence-corrected chi connectivity index (χ3v) is 3.33. The maximum atomic E-state index is 13.1. The molecular formula is C13H8Cl3FN2O. The Morgan fingerprint density at radius 3 is 2.25 bits per heavy atom. The van der Waals surface area contributed by atoms with Crippen molar-refractivity contribution in [2.24, 2.45) is 0 Å². The number of hydrogen-bond acceptors (Lipinski definition) is 2. The average Bonchev–Trinajstić information content (AvgIpc) is 2.33. The number of amides is 1. The second kappa shape index (κ2) is 5.87. The summed E-state index contributed by atoms with van der Waals surface area (Å²) in [5.74, 6) is -1.11. The monoisotopic (exact) mass is 332 g/mol. The van der Waals surface area contributed by atoms with Crippen LogP contribution in [0.15, 0.2) is 30.3 Å². The number of anilines is 2. The summed E-state index contributed by atoms with van der Waals surface area (Å²) in [4.78, 5) is 12.1. The van der Waals surface area contributed by atoms with Gasteiger partial charge in [0.2, 0.25) is 0 Å². The molecule has 0 fully saturated rings. The zero-order valence-electron chi connectivity index (χ0n) is 9.88. The van der Waals surface area contributed by atoms with Crippen LogP contribution in [0.2, 0.25) is 15.1 Å². The van der Waals surface area contributed by atoms with Gasteiger partial charge < -0.3 is 11.1 Å². The van der Waals surface area contributed by atoms with Gasteiger partial charge in [0.25, 0.3) is 5.91 Å². The fourth-order valence-corrected chi connectivity index (χ4v) is 2.32. The van der Waals surface area contributed by atoms with Gasteiger partial charge in [-0.2, -0.15) is 0 Å². The SMILES string of the molecule is Nc1cc(Cl)ccc1C(=O)Nc1c(Cl)cc(F)cc1Cl. The highest BCUT2D eigenvalue weighted by molar-refractivity contribution is 6.40. The van der Waals surface area contributed by atoms with Crippen molar-refractivity contribution in [3.63, 3.8) is 0 Å². The summed E-state index contributed by atoms with van der Waals surface area (Å²) in [6, 6.07) is 6.55. The van der Waals surface area contributed by atoms with E-state index in [4.69, 9.17) is 40.5 Å². The Morgan fingerprint density at radius 1 is 1.10 bits per heavy atom. The lowest BCUT2D eigenvalue weighted by molar-refractivity contribution is 0.102. The van der Waals surface area contributed by atoms with Crippen LogP contribution >= 0.6 is 34.8 Å². The third kappa shape index (κ3) is 3.15. The smallest absolute Gasteiger partial charge is 0.257 e. The van der Waals surface area contributed by atoms with E-state index < -0.39 is 11.7 Å². The molecule has 0 spiro atoms. The molecule has 0 aliphatic rings. The zero-order chi connectivity index (χ0) is 14.9. The van der Waals surface area contributed by atoms with Crippen molar-refractivity contribution in [1.29, 1.82) is 0 Å². The molecule has 0 radical (unpaired) electrons. The average molecular weight is 334 g/mol. The van der Waals surface area contributed by atoms with Crippen LogP contribution in [0.1, 0.15) is 10.4 Å². The van der Waals surface area contributed by atoms with E-state index in [1.54, 1.807) is 0 Å². The number of carbonyl (C=O) groups excluding carboxylic acids is 1. The Kier molecular flexibility index (Phi) is 4.38. The van der Waals surface area contributed by atoms with Crippen LogP contribution < -0.4 is 11.1 Å². The van der Waals surface area contributed by atoms with E-state index in [0.29, 0.717) is 5.02 Å². The largest absolute Gasteiger partial charge is 0.398 e. The van der Waals surface area contributed by atoms with E-state index in [1.165, 1.54) is 18.2 Å². The molecule has 3 N–H and O–H groups in total. The summed E-state index contributed by atoms with van der Waals surface area (Å²) in [5, 5.41) is 2.90. The summed E-state index contributed by atoms with van der Waals surface area (Å²) >= 11 is 17.4. The highest BCUT2D eigenvalue weighted by Crippen LogP contribution is 2.32. The first-order chi connectivity index (χ1) is 9.38. The molecular weight excluding hydrogens is 326 g/mol. The number of carbonyl (C=O) groups is 1. The molecule has 2 aromatic carbocycles. The van der Waals surface area contributed by atoms with E-state index in [-0.39, 0.29) is 27.0 Å². The lowest BCUT2D eigenvalue weighted by Gasteiger charge is -2.11. The van der Waals surface area contributed by atoms with E-state index in [2.05, 4.69) is 5.32 Å². The summed E-state index contributed by atoms with van der Waals surface area (Å²) in [6.07, 6.45) is 0. The van der Waals surface area contributed by atoms with Gasteiger partial charge in [0, 0.05) is 10.7 Å². The van der Waals surface area contributed by atoms with Gasteiger partial charge in [-0.3, -0.25) is 4.79 Å². The predicted molar refractivity (Wildman–Crippen MR) is 80.2 cm³/mol. The van der Waals surface area contributed by atoms with Crippen molar-refractivity contribution in [3.05, 3.63) is 56.8 Å². The van der Waals surface area contributed by atoms with Gasteiger partial charge in [-0.05, 0) is 30.3 Å². The summed E-state index contributed by atoms with van der Waals surface area (Å²) in [6.45, 7) is 0. The second-order valence-electron chi connectivity index (χ2n) is 3.93. The number of nitrogens with one attached hydrogen (secondary N) is 1. The standard InChI is InChI=1S/C13H8Cl3FN2O/c14-6-1-2-8(11(18)3-6)13(20)19-12-9(15)4-7(17)5-10(12)16/h1-5H,18H2,(H,19,20). The lowest BCUT2D eigenvalue weighted by Crippen LogP contribution is -2.14. The van der Waals surface area contributed by atoms with E-state index >= 15 is 0 Å². The first-order valence-corrected chi connectivity index (χ1v) is 6.53. The third-order valence-electron chi connectivity index (χ3n) is 2.50. The molecule has 7 heteroatoms. The molecule has 0 aromatic heterocycles. The molecule has 2 aromatic rings. The van der Waals surface area contributed by atoms with Gasteiger partial charge in [0.15, 0.2) is 0 Å². The van der Waals surface area contributed by atoms with Gasteiger partial charge in [-0.25, -0.2) is 4.39 Å². The minimum atomic E-state index is -0.594. The first-order valence-electron chi connectivity index (χ1n) is 5.39.